The maximum absolute atomic E-state index is 12.3. The third-order valence-corrected chi connectivity index (χ3v) is 4.02. The van der Waals surface area contributed by atoms with Gasteiger partial charge in [0, 0.05) is 23.8 Å². The molecule has 1 amide bonds. The van der Waals surface area contributed by atoms with E-state index in [1.54, 1.807) is 18.2 Å². The Bertz CT molecular complexity index is 610. The average Bonchev–Trinajstić information content (AvgIpc) is 2.95. The first-order valence-corrected chi connectivity index (χ1v) is 7.22. The molecule has 2 atom stereocenters. The molecular weight excluding hydrogens is 268 g/mol. The summed E-state index contributed by atoms with van der Waals surface area (Å²) < 4.78 is 0. The lowest BCUT2D eigenvalue weighted by Crippen LogP contribution is -2.33. The van der Waals surface area contributed by atoms with Crippen molar-refractivity contribution in [2.24, 2.45) is 5.92 Å². The van der Waals surface area contributed by atoms with Crippen LogP contribution >= 0.6 is 0 Å². The van der Waals surface area contributed by atoms with Crippen molar-refractivity contribution in [2.45, 2.75) is 25.3 Å². The zero-order valence-electron chi connectivity index (χ0n) is 11.6. The van der Waals surface area contributed by atoms with E-state index < -0.39 is 11.9 Å². The van der Waals surface area contributed by atoms with Gasteiger partial charge < -0.3 is 15.7 Å². The van der Waals surface area contributed by atoms with Crippen LogP contribution in [-0.2, 0) is 11.2 Å². The fourth-order valence-corrected chi connectivity index (χ4v) is 2.86. The molecule has 1 aromatic rings. The van der Waals surface area contributed by atoms with Crippen LogP contribution < -0.4 is 10.6 Å². The summed E-state index contributed by atoms with van der Waals surface area (Å²) in [5.41, 5.74) is 2.90. The van der Waals surface area contributed by atoms with Gasteiger partial charge in [-0.15, -0.1) is 0 Å². The van der Waals surface area contributed by atoms with Crippen LogP contribution in [0.15, 0.2) is 30.4 Å². The predicted molar refractivity (Wildman–Crippen MR) is 79.4 cm³/mol. The van der Waals surface area contributed by atoms with E-state index in [9.17, 15) is 9.59 Å². The van der Waals surface area contributed by atoms with E-state index in [0.29, 0.717) is 12.0 Å². The number of aliphatic carboxylic acids is 1. The number of carbonyl (C=O) groups excluding carboxylic acids is 1. The van der Waals surface area contributed by atoms with Crippen LogP contribution in [0.3, 0.4) is 0 Å². The largest absolute Gasteiger partial charge is 0.481 e. The zero-order valence-corrected chi connectivity index (χ0v) is 11.6. The second-order valence-electron chi connectivity index (χ2n) is 5.55. The molecule has 5 nitrogen and oxygen atoms in total. The predicted octanol–water partition coefficient (Wildman–Crippen LogP) is 1.80. The molecule has 5 heteroatoms. The number of anilines is 1. The molecule has 2 unspecified atom stereocenters. The minimum atomic E-state index is -0.845. The van der Waals surface area contributed by atoms with Gasteiger partial charge in [0.05, 0.1) is 5.92 Å². The number of hydrogen-bond acceptors (Lipinski definition) is 3. The maximum atomic E-state index is 12.3. The summed E-state index contributed by atoms with van der Waals surface area (Å²) in [5.74, 6) is -1.49. The lowest BCUT2D eigenvalue weighted by Gasteiger charge is -2.19. The molecule has 0 spiro atoms. The minimum absolute atomic E-state index is 0.149. The van der Waals surface area contributed by atoms with E-state index in [1.165, 1.54) is 5.56 Å². The number of rotatable bonds is 3. The monoisotopic (exact) mass is 286 g/mol. The lowest BCUT2D eigenvalue weighted by molar-refractivity contribution is -0.140. The van der Waals surface area contributed by atoms with Crippen LogP contribution in [0.2, 0.25) is 0 Å². The van der Waals surface area contributed by atoms with Gasteiger partial charge in [-0.3, -0.25) is 9.59 Å². The molecule has 3 rings (SSSR count). The van der Waals surface area contributed by atoms with Gasteiger partial charge in [-0.25, -0.2) is 0 Å². The summed E-state index contributed by atoms with van der Waals surface area (Å²) in [5, 5.41) is 15.1. The van der Waals surface area contributed by atoms with Gasteiger partial charge in [-0.05, 0) is 43.0 Å². The molecular formula is C16H18N2O3. The number of benzene rings is 1. The molecule has 0 saturated heterocycles. The lowest BCUT2D eigenvalue weighted by atomic mass is 10.0. The van der Waals surface area contributed by atoms with E-state index in [2.05, 4.69) is 10.6 Å². The molecule has 2 aliphatic rings. The Labute approximate surface area is 123 Å². The normalized spacial score (nSPS) is 23.2. The molecule has 1 aromatic carbocycles. The molecule has 0 fully saturated rings. The van der Waals surface area contributed by atoms with Crippen LogP contribution in [0.1, 0.15) is 28.8 Å². The Morgan fingerprint density at radius 3 is 2.90 bits per heavy atom. The Morgan fingerprint density at radius 1 is 1.29 bits per heavy atom. The Balaban J connectivity index is 1.66. The Hall–Kier alpha value is -2.30. The summed E-state index contributed by atoms with van der Waals surface area (Å²) >= 11 is 0. The smallest absolute Gasteiger partial charge is 0.310 e. The number of carboxylic acids is 1. The number of nitrogens with one attached hydrogen (secondary N) is 2. The molecule has 1 aliphatic heterocycles. The van der Waals surface area contributed by atoms with Gasteiger partial charge in [0.15, 0.2) is 0 Å². The van der Waals surface area contributed by atoms with Crippen molar-refractivity contribution in [3.05, 3.63) is 41.5 Å². The summed E-state index contributed by atoms with van der Waals surface area (Å²) in [4.78, 5) is 23.1. The molecule has 21 heavy (non-hydrogen) atoms. The Kier molecular flexibility index (Phi) is 3.64. The van der Waals surface area contributed by atoms with Crippen molar-refractivity contribution < 1.29 is 14.7 Å². The van der Waals surface area contributed by atoms with E-state index in [0.717, 1.165) is 25.1 Å². The summed E-state index contributed by atoms with van der Waals surface area (Å²) in [6.07, 6.45) is 5.88. The van der Waals surface area contributed by atoms with E-state index >= 15 is 0 Å². The number of carboxylic acid groups (broad SMARTS) is 1. The average molecular weight is 286 g/mol. The van der Waals surface area contributed by atoms with Crippen molar-refractivity contribution >= 4 is 17.6 Å². The molecule has 1 aliphatic carbocycles. The van der Waals surface area contributed by atoms with E-state index in [-0.39, 0.29) is 11.9 Å². The first-order chi connectivity index (χ1) is 10.1. The van der Waals surface area contributed by atoms with Gasteiger partial charge in [-0.1, -0.05) is 12.2 Å². The van der Waals surface area contributed by atoms with Crippen molar-refractivity contribution in [3.63, 3.8) is 0 Å². The number of aryl methyl sites for hydroxylation is 1. The summed E-state index contributed by atoms with van der Waals surface area (Å²) in [6, 6.07) is 5.46. The quantitative estimate of drug-likeness (QED) is 0.740. The second kappa shape index (κ2) is 5.60. The van der Waals surface area contributed by atoms with Crippen molar-refractivity contribution in [2.75, 3.05) is 11.9 Å². The number of hydrogen-bond donors (Lipinski definition) is 3. The van der Waals surface area contributed by atoms with Gasteiger partial charge >= 0.3 is 5.97 Å². The van der Waals surface area contributed by atoms with Crippen LogP contribution in [0.5, 0.6) is 0 Å². The number of fused-ring (bicyclic) bond motifs is 1. The molecule has 0 radical (unpaired) electrons. The van der Waals surface area contributed by atoms with Gasteiger partial charge in [0.25, 0.3) is 5.91 Å². The van der Waals surface area contributed by atoms with Crippen LogP contribution in [0.25, 0.3) is 0 Å². The Morgan fingerprint density at radius 2 is 2.14 bits per heavy atom. The molecule has 0 bridgehead atoms. The van der Waals surface area contributed by atoms with Crippen LogP contribution in [0.4, 0.5) is 5.69 Å². The first-order valence-electron chi connectivity index (χ1n) is 7.22. The molecule has 0 aromatic heterocycles. The first kappa shape index (κ1) is 13.7. The molecule has 1 heterocycles. The third-order valence-electron chi connectivity index (χ3n) is 4.02. The highest BCUT2D eigenvalue weighted by Gasteiger charge is 2.25. The van der Waals surface area contributed by atoms with Gasteiger partial charge in [0.2, 0.25) is 0 Å². The van der Waals surface area contributed by atoms with E-state index in [4.69, 9.17) is 5.11 Å². The van der Waals surface area contributed by atoms with Crippen molar-refractivity contribution in [1.29, 1.82) is 0 Å². The van der Waals surface area contributed by atoms with Crippen molar-refractivity contribution in [3.8, 4) is 0 Å². The van der Waals surface area contributed by atoms with E-state index in [1.807, 2.05) is 12.1 Å². The topological polar surface area (TPSA) is 78.4 Å². The SMILES string of the molecule is O=C(NC1C=CC(C(=O)O)C1)c1ccc2c(c1)CCCN2. The fourth-order valence-electron chi connectivity index (χ4n) is 2.86. The fraction of sp³-hybridized carbons (Fsp3) is 0.375. The van der Waals surface area contributed by atoms with Crippen LogP contribution in [0, 0.1) is 5.92 Å². The number of carbonyl (C=O) groups is 2. The maximum Gasteiger partial charge on any atom is 0.310 e. The standard InChI is InChI=1S/C16H18N2O3/c19-15(18-13-5-3-12(9-13)16(20)21)11-4-6-14-10(8-11)2-1-7-17-14/h3-6,8,12-13,17H,1-2,7,9H2,(H,18,19)(H,20,21). The molecule has 3 N–H and O–H groups in total. The second-order valence-corrected chi connectivity index (χ2v) is 5.55. The summed E-state index contributed by atoms with van der Waals surface area (Å²) in [7, 11) is 0. The van der Waals surface area contributed by atoms with Gasteiger partial charge in [-0.2, -0.15) is 0 Å². The highest BCUT2D eigenvalue weighted by Crippen LogP contribution is 2.23. The number of amides is 1. The minimum Gasteiger partial charge on any atom is -0.481 e. The van der Waals surface area contributed by atoms with Crippen LogP contribution in [-0.4, -0.2) is 29.6 Å². The highest BCUT2D eigenvalue weighted by atomic mass is 16.4. The zero-order chi connectivity index (χ0) is 14.8. The molecule has 0 saturated carbocycles. The summed E-state index contributed by atoms with van der Waals surface area (Å²) in [6.45, 7) is 0.974. The molecule has 110 valence electrons. The van der Waals surface area contributed by atoms with Crippen molar-refractivity contribution in [1.82, 2.24) is 5.32 Å². The van der Waals surface area contributed by atoms with Gasteiger partial charge in [0.1, 0.15) is 0 Å². The highest BCUT2D eigenvalue weighted by molar-refractivity contribution is 5.95. The third kappa shape index (κ3) is 2.91.